The molecule has 4 nitrogen and oxygen atoms in total. The topological polar surface area (TPSA) is 43.6 Å². The SMILES string of the molecule is CCn1c(-c2ccc(Cl)c(Cl)c2)c(C)sc1=NC(=O)c1ccc(OC)c(Br)c1. The molecular formula is C20H17BrCl2N2O2S. The maximum atomic E-state index is 12.7. The molecule has 0 spiro atoms. The second-order valence-electron chi connectivity index (χ2n) is 5.93. The largest absolute Gasteiger partial charge is 0.496 e. The molecule has 146 valence electrons. The quantitative estimate of drug-likeness (QED) is 0.419. The highest BCUT2D eigenvalue weighted by atomic mass is 79.9. The van der Waals surface area contributed by atoms with Crippen LogP contribution in [0.1, 0.15) is 22.2 Å². The van der Waals surface area contributed by atoms with Gasteiger partial charge < -0.3 is 9.30 Å². The highest BCUT2D eigenvalue weighted by Crippen LogP contribution is 2.31. The Bertz CT molecular complexity index is 1120. The number of carbonyl (C=O) groups is 1. The molecule has 28 heavy (non-hydrogen) atoms. The monoisotopic (exact) mass is 498 g/mol. The van der Waals surface area contributed by atoms with Crippen LogP contribution in [-0.4, -0.2) is 17.6 Å². The van der Waals surface area contributed by atoms with Gasteiger partial charge in [0.2, 0.25) is 0 Å². The third-order valence-electron chi connectivity index (χ3n) is 4.18. The summed E-state index contributed by atoms with van der Waals surface area (Å²) >= 11 is 17.1. The van der Waals surface area contributed by atoms with Gasteiger partial charge in [-0.1, -0.05) is 29.3 Å². The van der Waals surface area contributed by atoms with Crippen LogP contribution >= 0.6 is 50.5 Å². The first-order valence-corrected chi connectivity index (χ1v) is 10.8. The van der Waals surface area contributed by atoms with Gasteiger partial charge in [0, 0.05) is 22.5 Å². The van der Waals surface area contributed by atoms with Gasteiger partial charge in [0.1, 0.15) is 5.75 Å². The lowest BCUT2D eigenvalue weighted by Gasteiger charge is -2.09. The summed E-state index contributed by atoms with van der Waals surface area (Å²) in [5.41, 5.74) is 2.40. The summed E-state index contributed by atoms with van der Waals surface area (Å²) in [6, 6.07) is 10.7. The van der Waals surface area contributed by atoms with Gasteiger partial charge in [0.25, 0.3) is 5.91 Å². The predicted octanol–water partition coefficient (Wildman–Crippen LogP) is 6.36. The van der Waals surface area contributed by atoms with Crippen LogP contribution in [0.5, 0.6) is 5.75 Å². The van der Waals surface area contributed by atoms with Gasteiger partial charge in [-0.05, 0) is 60.1 Å². The highest BCUT2D eigenvalue weighted by Gasteiger charge is 2.15. The number of nitrogens with zero attached hydrogens (tertiary/aromatic N) is 2. The average molecular weight is 500 g/mol. The Labute approximate surface area is 185 Å². The van der Waals surface area contributed by atoms with Crippen LogP contribution in [0.2, 0.25) is 10.0 Å². The van der Waals surface area contributed by atoms with E-state index in [2.05, 4.69) is 20.9 Å². The summed E-state index contributed by atoms with van der Waals surface area (Å²) in [5.74, 6) is 0.349. The zero-order valence-electron chi connectivity index (χ0n) is 15.4. The summed E-state index contributed by atoms with van der Waals surface area (Å²) in [7, 11) is 1.58. The van der Waals surface area contributed by atoms with Crippen molar-refractivity contribution in [2.75, 3.05) is 7.11 Å². The van der Waals surface area contributed by atoms with E-state index in [1.54, 1.807) is 31.4 Å². The second-order valence-corrected chi connectivity index (χ2v) is 8.78. The number of amides is 1. The summed E-state index contributed by atoms with van der Waals surface area (Å²) in [6.07, 6.45) is 0. The lowest BCUT2D eigenvalue weighted by molar-refractivity contribution is 0.0997. The zero-order valence-corrected chi connectivity index (χ0v) is 19.3. The number of methoxy groups -OCH3 is 1. The van der Waals surface area contributed by atoms with Crippen LogP contribution in [0.25, 0.3) is 11.3 Å². The van der Waals surface area contributed by atoms with Gasteiger partial charge in [-0.2, -0.15) is 4.99 Å². The summed E-state index contributed by atoms with van der Waals surface area (Å²) < 4.78 is 7.93. The molecule has 3 rings (SSSR count). The van der Waals surface area contributed by atoms with Crippen molar-refractivity contribution in [2.45, 2.75) is 20.4 Å². The van der Waals surface area contributed by atoms with Gasteiger partial charge in [-0.15, -0.1) is 11.3 Å². The van der Waals surface area contributed by atoms with E-state index in [0.717, 1.165) is 16.1 Å². The van der Waals surface area contributed by atoms with E-state index in [9.17, 15) is 4.79 Å². The number of rotatable bonds is 4. The van der Waals surface area contributed by atoms with Crippen LogP contribution in [-0.2, 0) is 6.54 Å². The maximum absolute atomic E-state index is 12.7. The highest BCUT2D eigenvalue weighted by molar-refractivity contribution is 9.10. The Morgan fingerprint density at radius 3 is 2.57 bits per heavy atom. The molecule has 0 aliphatic heterocycles. The number of hydrogen-bond acceptors (Lipinski definition) is 3. The van der Waals surface area contributed by atoms with Gasteiger partial charge in [-0.25, -0.2) is 0 Å². The Balaban J connectivity index is 2.08. The first-order valence-electron chi connectivity index (χ1n) is 8.44. The Morgan fingerprint density at radius 2 is 1.96 bits per heavy atom. The fraction of sp³-hybridized carbons (Fsp3) is 0.200. The molecule has 0 radical (unpaired) electrons. The smallest absolute Gasteiger partial charge is 0.279 e. The van der Waals surface area contributed by atoms with Crippen molar-refractivity contribution >= 4 is 56.4 Å². The number of aromatic nitrogens is 1. The Hall–Kier alpha value is -1.60. The predicted molar refractivity (Wildman–Crippen MR) is 119 cm³/mol. The molecule has 0 aliphatic rings. The maximum Gasteiger partial charge on any atom is 0.279 e. The molecule has 0 aliphatic carbocycles. The third kappa shape index (κ3) is 4.20. The van der Waals surface area contributed by atoms with Gasteiger partial charge in [0.05, 0.1) is 27.3 Å². The van der Waals surface area contributed by atoms with E-state index in [1.165, 1.54) is 11.3 Å². The van der Waals surface area contributed by atoms with Crippen molar-refractivity contribution in [1.29, 1.82) is 0 Å². The standard InChI is InChI=1S/C20H17BrCl2N2O2S/c1-4-25-18(12-5-7-15(22)16(23)10-12)11(2)28-20(25)24-19(26)13-6-8-17(27-3)14(21)9-13/h5-10H,4H2,1-3H3. The molecule has 0 unspecified atom stereocenters. The molecule has 0 atom stereocenters. The van der Waals surface area contributed by atoms with Gasteiger partial charge in [-0.3, -0.25) is 4.79 Å². The number of hydrogen-bond donors (Lipinski definition) is 0. The molecule has 1 amide bonds. The molecule has 3 aromatic rings. The minimum Gasteiger partial charge on any atom is -0.496 e. The molecule has 0 saturated heterocycles. The summed E-state index contributed by atoms with van der Waals surface area (Å²) in [6.45, 7) is 4.68. The van der Waals surface area contributed by atoms with Crippen molar-refractivity contribution in [3.63, 3.8) is 0 Å². The molecule has 0 fully saturated rings. The van der Waals surface area contributed by atoms with Crippen LogP contribution < -0.4 is 9.54 Å². The molecule has 1 aromatic heterocycles. The van der Waals surface area contributed by atoms with Crippen LogP contribution in [0.3, 0.4) is 0 Å². The van der Waals surface area contributed by atoms with Crippen molar-refractivity contribution in [2.24, 2.45) is 4.99 Å². The average Bonchev–Trinajstić information content (AvgIpc) is 2.98. The normalized spacial score (nSPS) is 11.7. The Morgan fingerprint density at radius 1 is 1.21 bits per heavy atom. The number of aryl methyl sites for hydroxylation is 1. The second kappa shape index (κ2) is 8.82. The van der Waals surface area contributed by atoms with Crippen LogP contribution in [0.15, 0.2) is 45.9 Å². The fourth-order valence-corrected chi connectivity index (χ4v) is 4.75. The van der Waals surface area contributed by atoms with Crippen molar-refractivity contribution in [3.05, 3.63) is 66.2 Å². The van der Waals surface area contributed by atoms with E-state index in [4.69, 9.17) is 27.9 Å². The zero-order chi connectivity index (χ0) is 20.4. The van der Waals surface area contributed by atoms with E-state index in [0.29, 0.717) is 37.2 Å². The molecule has 0 bridgehead atoms. The van der Waals surface area contributed by atoms with Crippen molar-refractivity contribution in [1.82, 2.24) is 4.57 Å². The van der Waals surface area contributed by atoms with E-state index >= 15 is 0 Å². The van der Waals surface area contributed by atoms with E-state index in [1.807, 2.05) is 30.5 Å². The Kier molecular flexibility index (Phi) is 6.65. The minimum atomic E-state index is -0.313. The third-order valence-corrected chi connectivity index (χ3v) is 6.54. The van der Waals surface area contributed by atoms with Crippen molar-refractivity contribution in [3.8, 4) is 17.0 Å². The number of carbonyl (C=O) groups excluding carboxylic acids is 1. The molecule has 8 heteroatoms. The number of thiazole rings is 1. The van der Waals surface area contributed by atoms with Gasteiger partial charge >= 0.3 is 0 Å². The molecule has 2 aromatic carbocycles. The minimum absolute atomic E-state index is 0.313. The fourth-order valence-electron chi connectivity index (χ4n) is 2.86. The molecule has 0 saturated carbocycles. The molecule has 1 heterocycles. The number of benzene rings is 2. The number of ether oxygens (including phenoxy) is 1. The van der Waals surface area contributed by atoms with E-state index in [-0.39, 0.29) is 5.91 Å². The first-order chi connectivity index (χ1) is 13.3. The first kappa shape index (κ1) is 21.1. The lowest BCUT2D eigenvalue weighted by Crippen LogP contribution is -2.17. The summed E-state index contributed by atoms with van der Waals surface area (Å²) in [5, 5.41) is 0.997. The van der Waals surface area contributed by atoms with Crippen LogP contribution in [0.4, 0.5) is 0 Å². The van der Waals surface area contributed by atoms with Crippen molar-refractivity contribution < 1.29 is 9.53 Å². The molecule has 0 N–H and O–H groups in total. The summed E-state index contributed by atoms with van der Waals surface area (Å²) in [4.78, 5) is 18.8. The molecular weight excluding hydrogens is 483 g/mol. The lowest BCUT2D eigenvalue weighted by atomic mass is 10.1. The van der Waals surface area contributed by atoms with E-state index < -0.39 is 0 Å². The van der Waals surface area contributed by atoms with Crippen LogP contribution in [0, 0.1) is 6.92 Å². The number of halogens is 3. The van der Waals surface area contributed by atoms with Gasteiger partial charge in [0.15, 0.2) is 4.80 Å².